The molecule has 0 unspecified atom stereocenters. The lowest BCUT2D eigenvalue weighted by Gasteiger charge is -2.29. The first-order chi connectivity index (χ1) is 9.24. The van der Waals surface area contributed by atoms with Gasteiger partial charge in [-0.1, -0.05) is 38.5 Å². The zero-order chi connectivity index (χ0) is 13.5. The van der Waals surface area contributed by atoms with Crippen LogP contribution in [0.4, 0.5) is 0 Å². The van der Waals surface area contributed by atoms with E-state index in [0.717, 1.165) is 25.7 Å². The predicted octanol–water partition coefficient (Wildman–Crippen LogP) is 4.14. The van der Waals surface area contributed by atoms with Gasteiger partial charge in [-0.2, -0.15) is 0 Å². The van der Waals surface area contributed by atoms with Crippen LogP contribution in [-0.2, 0) is 13.4 Å². The Morgan fingerprint density at radius 2 is 1.11 bits per heavy atom. The van der Waals surface area contributed by atoms with Gasteiger partial charge >= 0.3 is 17.2 Å². The van der Waals surface area contributed by atoms with E-state index in [1.807, 2.05) is 0 Å². The van der Waals surface area contributed by atoms with Gasteiger partial charge in [0.2, 0.25) is 0 Å². The third-order valence-electron chi connectivity index (χ3n) is 3.71. The molecular formula is C12H24O5P2. The van der Waals surface area contributed by atoms with E-state index in [1.54, 1.807) is 0 Å². The summed E-state index contributed by atoms with van der Waals surface area (Å²) < 4.78 is 16.7. The van der Waals surface area contributed by atoms with Gasteiger partial charge in [-0.05, 0) is 25.7 Å². The van der Waals surface area contributed by atoms with Crippen LogP contribution in [0.25, 0.3) is 0 Å². The molecule has 2 fully saturated rings. The summed E-state index contributed by atoms with van der Waals surface area (Å²) in [5.41, 5.74) is 0. The van der Waals surface area contributed by atoms with Gasteiger partial charge in [0.1, 0.15) is 0 Å². The van der Waals surface area contributed by atoms with E-state index in [2.05, 4.69) is 0 Å². The van der Waals surface area contributed by atoms with Crippen molar-refractivity contribution in [3.63, 3.8) is 0 Å². The van der Waals surface area contributed by atoms with Gasteiger partial charge in [-0.25, -0.2) is 4.31 Å². The van der Waals surface area contributed by atoms with E-state index in [4.69, 9.17) is 23.1 Å². The van der Waals surface area contributed by atoms with E-state index in [0.29, 0.717) is 0 Å². The molecule has 0 heterocycles. The number of hydrogen-bond acceptors (Lipinski definition) is 5. The largest absolute Gasteiger partial charge is 0.340 e. The van der Waals surface area contributed by atoms with Gasteiger partial charge in [0.25, 0.3) is 0 Å². The van der Waals surface area contributed by atoms with Crippen molar-refractivity contribution in [2.45, 2.75) is 76.4 Å². The maximum Gasteiger partial charge on any atom is 0.340 e. The quantitative estimate of drug-likeness (QED) is 0.722. The van der Waals surface area contributed by atoms with Gasteiger partial charge in [0.15, 0.2) is 0 Å². The molecule has 0 aromatic carbocycles. The zero-order valence-electron chi connectivity index (χ0n) is 11.2. The molecule has 0 aliphatic heterocycles. The highest BCUT2D eigenvalue weighted by atomic mass is 31.2. The maximum atomic E-state index is 9.04. The molecule has 2 rings (SSSR count). The molecule has 2 saturated carbocycles. The summed E-state index contributed by atoms with van der Waals surface area (Å²) in [6, 6.07) is 0. The molecule has 2 N–H and O–H groups in total. The Morgan fingerprint density at radius 1 is 0.684 bits per heavy atom. The fourth-order valence-electron chi connectivity index (χ4n) is 2.71. The highest BCUT2D eigenvalue weighted by Crippen LogP contribution is 2.54. The van der Waals surface area contributed by atoms with Gasteiger partial charge in [0, 0.05) is 0 Å². The lowest BCUT2D eigenvalue weighted by Crippen LogP contribution is -2.19. The molecule has 112 valence electrons. The Bertz CT molecular complexity index is 222. The van der Waals surface area contributed by atoms with E-state index >= 15 is 0 Å². The minimum Gasteiger partial charge on any atom is -0.328 e. The van der Waals surface area contributed by atoms with Crippen molar-refractivity contribution in [1.82, 2.24) is 0 Å². The Hall–Kier alpha value is 0.660. The molecule has 0 aromatic heterocycles. The Labute approximate surface area is 117 Å². The molecule has 0 radical (unpaired) electrons. The van der Waals surface area contributed by atoms with Crippen molar-refractivity contribution in [3.05, 3.63) is 0 Å². The fraction of sp³-hybridized carbons (Fsp3) is 1.00. The lowest BCUT2D eigenvalue weighted by atomic mass is 9.98. The van der Waals surface area contributed by atoms with Crippen LogP contribution in [0.15, 0.2) is 0 Å². The van der Waals surface area contributed by atoms with Crippen LogP contribution in [0, 0.1) is 0 Å². The van der Waals surface area contributed by atoms with Crippen LogP contribution in [-0.4, -0.2) is 22.0 Å². The predicted molar refractivity (Wildman–Crippen MR) is 75.3 cm³/mol. The third-order valence-corrected chi connectivity index (χ3v) is 5.77. The standard InChI is InChI=1S/C12H24O5P2/c13-18(14)17-19(15-11-7-3-1-4-8-11)16-12-9-5-2-6-10-12/h11-14H,1-10H2. The van der Waals surface area contributed by atoms with Crippen molar-refractivity contribution in [1.29, 1.82) is 0 Å². The molecule has 7 heteroatoms. The smallest absolute Gasteiger partial charge is 0.328 e. The first-order valence-electron chi connectivity index (χ1n) is 7.23. The molecule has 2 aliphatic carbocycles. The van der Waals surface area contributed by atoms with Crippen LogP contribution in [0.1, 0.15) is 64.2 Å². The Kier molecular flexibility index (Phi) is 7.46. The minimum atomic E-state index is -2.41. The normalized spacial score (nSPS) is 23.4. The molecule has 0 saturated heterocycles. The molecule has 5 nitrogen and oxygen atoms in total. The molecule has 0 bridgehead atoms. The second-order valence-corrected chi connectivity index (χ2v) is 7.32. The van der Waals surface area contributed by atoms with Crippen molar-refractivity contribution in [3.8, 4) is 0 Å². The van der Waals surface area contributed by atoms with Crippen LogP contribution in [0.5, 0.6) is 0 Å². The second kappa shape index (κ2) is 8.84. The highest BCUT2D eigenvalue weighted by Gasteiger charge is 2.28. The summed E-state index contributed by atoms with van der Waals surface area (Å²) in [4.78, 5) is 18.1. The third kappa shape index (κ3) is 6.31. The molecule has 0 aromatic rings. The Morgan fingerprint density at radius 3 is 1.47 bits per heavy atom. The summed E-state index contributed by atoms with van der Waals surface area (Å²) in [5, 5.41) is 0. The van der Waals surface area contributed by atoms with Gasteiger partial charge in [0.05, 0.1) is 12.2 Å². The van der Waals surface area contributed by atoms with Crippen LogP contribution >= 0.6 is 17.2 Å². The zero-order valence-corrected chi connectivity index (χ0v) is 13.0. The average Bonchev–Trinajstić information content (AvgIpc) is 2.40. The van der Waals surface area contributed by atoms with E-state index in [9.17, 15) is 0 Å². The average molecular weight is 310 g/mol. The summed E-state index contributed by atoms with van der Waals surface area (Å²) in [7, 11) is -4.03. The van der Waals surface area contributed by atoms with E-state index < -0.39 is 17.2 Å². The Balaban J connectivity index is 1.79. The lowest BCUT2D eigenvalue weighted by molar-refractivity contribution is 0.0784. The molecule has 0 amide bonds. The highest BCUT2D eigenvalue weighted by molar-refractivity contribution is 7.54. The molecule has 2 aliphatic rings. The number of rotatable bonds is 6. The monoisotopic (exact) mass is 310 g/mol. The van der Waals surface area contributed by atoms with Gasteiger partial charge in [-0.15, -0.1) is 0 Å². The molecule has 19 heavy (non-hydrogen) atoms. The van der Waals surface area contributed by atoms with Crippen molar-refractivity contribution >= 4 is 17.2 Å². The second-order valence-electron chi connectivity index (χ2n) is 5.29. The maximum absolute atomic E-state index is 9.04. The van der Waals surface area contributed by atoms with Gasteiger partial charge < -0.3 is 18.8 Å². The molecular weight excluding hydrogens is 286 g/mol. The van der Waals surface area contributed by atoms with Gasteiger partial charge in [-0.3, -0.25) is 0 Å². The summed E-state index contributed by atoms with van der Waals surface area (Å²) in [5.74, 6) is 0. The summed E-state index contributed by atoms with van der Waals surface area (Å²) in [6.45, 7) is 0. The van der Waals surface area contributed by atoms with Crippen molar-refractivity contribution < 1.29 is 23.1 Å². The summed E-state index contributed by atoms with van der Waals surface area (Å²) >= 11 is 0. The van der Waals surface area contributed by atoms with Crippen molar-refractivity contribution in [2.75, 3.05) is 0 Å². The molecule has 0 spiro atoms. The van der Waals surface area contributed by atoms with Crippen LogP contribution < -0.4 is 0 Å². The van der Waals surface area contributed by atoms with E-state index in [-0.39, 0.29) is 12.2 Å². The first kappa shape index (κ1) is 16.0. The topological polar surface area (TPSA) is 68.2 Å². The molecule has 0 atom stereocenters. The number of hydrogen-bond donors (Lipinski definition) is 2. The minimum absolute atomic E-state index is 0.151. The van der Waals surface area contributed by atoms with Crippen LogP contribution in [0.3, 0.4) is 0 Å². The van der Waals surface area contributed by atoms with Crippen LogP contribution in [0.2, 0.25) is 0 Å². The SMILES string of the molecule is OP(O)OP(OC1CCCCC1)OC1CCCCC1. The summed E-state index contributed by atoms with van der Waals surface area (Å²) in [6.07, 6.45) is 11.6. The first-order valence-corrected chi connectivity index (χ1v) is 9.50. The fourth-order valence-corrected chi connectivity index (χ4v) is 4.45. The van der Waals surface area contributed by atoms with E-state index in [1.165, 1.54) is 38.5 Å². The van der Waals surface area contributed by atoms with Crippen molar-refractivity contribution in [2.24, 2.45) is 0 Å².